The van der Waals surface area contributed by atoms with Gasteiger partial charge in [-0.05, 0) is 61.4 Å². The van der Waals surface area contributed by atoms with Crippen LogP contribution in [0, 0.1) is 12.7 Å². The lowest BCUT2D eigenvalue weighted by Crippen LogP contribution is -2.21. The molecule has 0 saturated carbocycles. The SMILES string of the molecule is CSC1CCOC(c2cc(F)cc(OCc3ccc(-n4ccnc4C)cc3)c2)C1.Cl. The first-order chi connectivity index (χ1) is 14.1. The highest BCUT2D eigenvalue weighted by Gasteiger charge is 2.24. The Morgan fingerprint density at radius 1 is 1.23 bits per heavy atom. The molecule has 2 aromatic carbocycles. The molecule has 0 aliphatic carbocycles. The smallest absolute Gasteiger partial charge is 0.127 e. The molecule has 30 heavy (non-hydrogen) atoms. The molecule has 0 radical (unpaired) electrons. The van der Waals surface area contributed by atoms with Crippen LogP contribution in [0.3, 0.4) is 0 Å². The van der Waals surface area contributed by atoms with E-state index >= 15 is 0 Å². The summed E-state index contributed by atoms with van der Waals surface area (Å²) in [6.07, 6.45) is 7.71. The number of nitrogens with zero attached hydrogens (tertiary/aromatic N) is 2. The van der Waals surface area contributed by atoms with Gasteiger partial charge >= 0.3 is 0 Å². The molecule has 1 aromatic heterocycles. The largest absolute Gasteiger partial charge is 0.489 e. The first kappa shape index (κ1) is 22.7. The van der Waals surface area contributed by atoms with Crippen molar-refractivity contribution in [1.29, 1.82) is 0 Å². The number of imidazole rings is 1. The second-order valence-corrected chi connectivity index (χ2v) is 8.40. The number of aryl methyl sites for hydroxylation is 1. The van der Waals surface area contributed by atoms with E-state index in [1.807, 2.05) is 59.8 Å². The van der Waals surface area contributed by atoms with Crippen molar-refractivity contribution in [3.63, 3.8) is 0 Å². The van der Waals surface area contributed by atoms with Crippen molar-refractivity contribution >= 4 is 24.2 Å². The summed E-state index contributed by atoms with van der Waals surface area (Å²) in [5.74, 6) is 1.18. The lowest BCUT2D eigenvalue weighted by molar-refractivity contribution is 0.0175. The molecule has 160 valence electrons. The number of ether oxygens (including phenoxy) is 2. The second-order valence-electron chi connectivity index (χ2n) is 7.26. The maximum absolute atomic E-state index is 14.2. The minimum Gasteiger partial charge on any atom is -0.489 e. The lowest BCUT2D eigenvalue weighted by Gasteiger charge is -2.29. The molecule has 4 nitrogen and oxygen atoms in total. The molecule has 0 amide bonds. The van der Waals surface area contributed by atoms with Gasteiger partial charge in [0.25, 0.3) is 0 Å². The van der Waals surface area contributed by atoms with E-state index in [1.54, 1.807) is 12.3 Å². The summed E-state index contributed by atoms with van der Waals surface area (Å²) in [7, 11) is 0. The number of benzene rings is 2. The van der Waals surface area contributed by atoms with Gasteiger partial charge in [0.1, 0.15) is 24.0 Å². The molecule has 1 aliphatic rings. The Kier molecular flexibility index (Phi) is 7.81. The van der Waals surface area contributed by atoms with Gasteiger partial charge < -0.3 is 14.0 Å². The molecular formula is C23H26ClFN2O2S. The molecular weight excluding hydrogens is 423 g/mol. The van der Waals surface area contributed by atoms with Crippen LogP contribution in [0.5, 0.6) is 5.75 Å². The summed E-state index contributed by atoms with van der Waals surface area (Å²) in [5.41, 5.74) is 2.92. The van der Waals surface area contributed by atoms with Crippen LogP contribution in [0.1, 0.15) is 35.9 Å². The number of rotatable bonds is 6. The molecule has 2 atom stereocenters. The minimum atomic E-state index is -0.293. The molecule has 4 rings (SSSR count). The topological polar surface area (TPSA) is 36.3 Å². The predicted molar refractivity (Wildman–Crippen MR) is 122 cm³/mol. The zero-order chi connectivity index (χ0) is 20.2. The van der Waals surface area contributed by atoms with Crippen LogP contribution in [-0.4, -0.2) is 27.7 Å². The molecule has 3 aromatic rings. The highest BCUT2D eigenvalue weighted by molar-refractivity contribution is 7.99. The van der Waals surface area contributed by atoms with Crippen LogP contribution in [0.15, 0.2) is 54.9 Å². The van der Waals surface area contributed by atoms with Crippen LogP contribution in [0.25, 0.3) is 5.69 Å². The van der Waals surface area contributed by atoms with E-state index in [0.717, 1.165) is 35.5 Å². The maximum Gasteiger partial charge on any atom is 0.127 e. The van der Waals surface area contributed by atoms with Gasteiger partial charge in [0, 0.05) is 36.0 Å². The number of aromatic nitrogens is 2. The Labute approximate surface area is 187 Å². The summed E-state index contributed by atoms with van der Waals surface area (Å²) in [5, 5.41) is 0.555. The van der Waals surface area contributed by atoms with Crippen molar-refractivity contribution < 1.29 is 13.9 Å². The molecule has 1 aliphatic heterocycles. The monoisotopic (exact) mass is 448 g/mol. The fourth-order valence-electron chi connectivity index (χ4n) is 3.64. The van der Waals surface area contributed by atoms with E-state index in [1.165, 1.54) is 6.07 Å². The lowest BCUT2D eigenvalue weighted by atomic mass is 10.0. The van der Waals surface area contributed by atoms with Crippen molar-refractivity contribution in [2.24, 2.45) is 0 Å². The summed E-state index contributed by atoms with van der Waals surface area (Å²) in [4.78, 5) is 4.25. The molecule has 1 fully saturated rings. The van der Waals surface area contributed by atoms with Gasteiger partial charge in [-0.1, -0.05) is 12.1 Å². The third-order valence-corrected chi connectivity index (χ3v) is 6.38. The Hall–Kier alpha value is -2.02. The van der Waals surface area contributed by atoms with Crippen molar-refractivity contribution in [1.82, 2.24) is 9.55 Å². The maximum atomic E-state index is 14.2. The Morgan fingerprint density at radius 2 is 2.03 bits per heavy atom. The van der Waals surface area contributed by atoms with E-state index < -0.39 is 0 Å². The van der Waals surface area contributed by atoms with Crippen molar-refractivity contribution in [3.05, 3.63) is 77.6 Å². The Morgan fingerprint density at radius 3 is 2.73 bits per heavy atom. The van der Waals surface area contributed by atoms with E-state index in [4.69, 9.17) is 9.47 Å². The normalized spacial score (nSPS) is 18.6. The van der Waals surface area contributed by atoms with Crippen molar-refractivity contribution in [2.75, 3.05) is 12.9 Å². The van der Waals surface area contributed by atoms with Crippen molar-refractivity contribution in [3.8, 4) is 11.4 Å². The molecule has 2 heterocycles. The van der Waals surface area contributed by atoms with Gasteiger partial charge in [0.2, 0.25) is 0 Å². The van der Waals surface area contributed by atoms with Gasteiger partial charge in [-0.15, -0.1) is 12.4 Å². The number of hydrogen-bond donors (Lipinski definition) is 0. The van der Waals surface area contributed by atoms with Crippen LogP contribution >= 0.6 is 24.2 Å². The van der Waals surface area contributed by atoms with Gasteiger partial charge in [-0.3, -0.25) is 0 Å². The molecule has 1 saturated heterocycles. The highest BCUT2D eigenvalue weighted by atomic mass is 35.5. The van der Waals surface area contributed by atoms with E-state index in [0.29, 0.717) is 24.2 Å². The number of thioether (sulfide) groups is 1. The summed E-state index contributed by atoms with van der Waals surface area (Å²) >= 11 is 1.85. The highest BCUT2D eigenvalue weighted by Crippen LogP contribution is 2.35. The second kappa shape index (κ2) is 10.3. The first-order valence-corrected chi connectivity index (χ1v) is 11.1. The number of hydrogen-bond acceptors (Lipinski definition) is 4. The van der Waals surface area contributed by atoms with Gasteiger partial charge in [-0.2, -0.15) is 11.8 Å². The van der Waals surface area contributed by atoms with E-state index in [-0.39, 0.29) is 24.3 Å². The van der Waals surface area contributed by atoms with Crippen LogP contribution in [0.2, 0.25) is 0 Å². The average Bonchev–Trinajstić information content (AvgIpc) is 3.18. The third kappa shape index (κ3) is 5.36. The molecule has 7 heteroatoms. The zero-order valence-corrected chi connectivity index (χ0v) is 18.7. The molecule has 0 bridgehead atoms. The fraction of sp³-hybridized carbons (Fsp3) is 0.348. The summed E-state index contributed by atoms with van der Waals surface area (Å²) in [6, 6.07) is 13.0. The third-order valence-electron chi connectivity index (χ3n) is 5.28. The Bertz CT molecular complexity index is 964. The Balaban J connectivity index is 0.00000256. The standard InChI is InChI=1S/C23H25FN2O2S.ClH/c1-16-25-8-9-26(16)20-5-3-17(4-6-20)15-28-21-12-18(11-19(24)13-21)23-14-22(29-2)7-10-27-23;/h3-6,8-9,11-13,22-23H,7,10,14-15H2,1-2H3;1H. The zero-order valence-electron chi connectivity index (χ0n) is 17.1. The average molecular weight is 449 g/mol. The molecule has 0 N–H and O–H groups in total. The van der Waals surface area contributed by atoms with Gasteiger partial charge in [-0.25, -0.2) is 9.37 Å². The first-order valence-electron chi connectivity index (χ1n) is 9.79. The molecule has 2 unspecified atom stereocenters. The quantitative estimate of drug-likeness (QED) is 0.470. The van der Waals surface area contributed by atoms with Crippen LogP contribution in [0.4, 0.5) is 4.39 Å². The molecule has 0 spiro atoms. The van der Waals surface area contributed by atoms with Crippen LogP contribution < -0.4 is 4.74 Å². The predicted octanol–water partition coefficient (Wildman–Crippen LogP) is 5.90. The van der Waals surface area contributed by atoms with Gasteiger partial charge in [0.15, 0.2) is 0 Å². The van der Waals surface area contributed by atoms with Crippen molar-refractivity contribution in [2.45, 2.75) is 37.7 Å². The number of halogens is 2. The summed E-state index contributed by atoms with van der Waals surface area (Å²) < 4.78 is 28.0. The summed E-state index contributed by atoms with van der Waals surface area (Å²) in [6.45, 7) is 3.06. The van der Waals surface area contributed by atoms with Gasteiger partial charge in [0.05, 0.1) is 6.10 Å². The minimum absolute atomic E-state index is 0. The van der Waals surface area contributed by atoms with E-state index in [9.17, 15) is 4.39 Å². The van der Waals surface area contributed by atoms with E-state index in [2.05, 4.69) is 11.2 Å². The van der Waals surface area contributed by atoms with Crippen LogP contribution in [-0.2, 0) is 11.3 Å². The fourth-order valence-corrected chi connectivity index (χ4v) is 4.34.